The third-order valence-electron chi connectivity index (χ3n) is 4.13. The third-order valence-corrected chi connectivity index (χ3v) is 4.13. The van der Waals surface area contributed by atoms with Crippen molar-refractivity contribution in [2.45, 2.75) is 39.3 Å². The summed E-state index contributed by atoms with van der Waals surface area (Å²) in [7, 11) is 0. The first-order valence-corrected chi connectivity index (χ1v) is 7.53. The van der Waals surface area contributed by atoms with Crippen molar-refractivity contribution in [3.8, 4) is 11.5 Å². The number of hydrogen-bond acceptors (Lipinski definition) is 4. The van der Waals surface area contributed by atoms with E-state index in [1.165, 1.54) is 6.42 Å². The minimum absolute atomic E-state index is 0.267. The predicted molar refractivity (Wildman–Crippen MR) is 80.9 cm³/mol. The van der Waals surface area contributed by atoms with E-state index in [1.807, 2.05) is 19.1 Å². The molecule has 0 radical (unpaired) electrons. The predicted octanol–water partition coefficient (Wildman–Crippen LogP) is 2.35. The van der Waals surface area contributed by atoms with Crippen LogP contribution in [0, 0.1) is 5.92 Å². The van der Waals surface area contributed by atoms with Gasteiger partial charge in [0.15, 0.2) is 11.5 Å². The van der Waals surface area contributed by atoms with Gasteiger partial charge in [-0.25, -0.2) is 0 Å². The molecule has 2 rings (SSSR count). The molecule has 0 spiro atoms. The Balaban J connectivity index is 2.11. The van der Waals surface area contributed by atoms with Crippen molar-refractivity contribution in [3.63, 3.8) is 0 Å². The molecular weight excluding hydrogens is 252 g/mol. The fourth-order valence-electron chi connectivity index (χ4n) is 2.94. The lowest BCUT2D eigenvalue weighted by Crippen LogP contribution is -2.45. The quantitative estimate of drug-likeness (QED) is 0.868. The number of phenolic OH excluding ortho intramolecular Hbond substituents is 1. The largest absolute Gasteiger partial charge is 0.504 e. The summed E-state index contributed by atoms with van der Waals surface area (Å²) in [5, 5.41) is 10.3. The van der Waals surface area contributed by atoms with E-state index in [1.54, 1.807) is 6.07 Å². The van der Waals surface area contributed by atoms with Crippen molar-refractivity contribution >= 4 is 0 Å². The van der Waals surface area contributed by atoms with Gasteiger partial charge in [0.05, 0.1) is 6.61 Å². The zero-order chi connectivity index (χ0) is 14.5. The average Bonchev–Trinajstić information content (AvgIpc) is 2.45. The van der Waals surface area contributed by atoms with Crippen LogP contribution >= 0.6 is 0 Å². The zero-order valence-electron chi connectivity index (χ0n) is 12.5. The molecule has 2 unspecified atom stereocenters. The number of ether oxygens (including phenoxy) is 1. The fraction of sp³-hybridized carbons (Fsp3) is 0.625. The van der Waals surface area contributed by atoms with Crippen molar-refractivity contribution in [3.05, 3.63) is 23.8 Å². The van der Waals surface area contributed by atoms with Crippen molar-refractivity contribution in [2.75, 3.05) is 19.7 Å². The summed E-state index contributed by atoms with van der Waals surface area (Å²) in [4.78, 5) is 2.38. The Morgan fingerprint density at radius 3 is 2.95 bits per heavy atom. The molecule has 112 valence electrons. The lowest BCUT2D eigenvalue weighted by molar-refractivity contribution is 0.114. The highest BCUT2D eigenvalue weighted by molar-refractivity contribution is 5.45. The van der Waals surface area contributed by atoms with Crippen LogP contribution in [0.2, 0.25) is 0 Å². The van der Waals surface area contributed by atoms with Crippen molar-refractivity contribution in [1.82, 2.24) is 4.90 Å². The molecule has 1 aromatic carbocycles. The number of piperidine rings is 1. The average molecular weight is 278 g/mol. The number of para-hydroxylation sites is 1. The summed E-state index contributed by atoms with van der Waals surface area (Å²) >= 11 is 0. The molecule has 0 saturated carbocycles. The highest BCUT2D eigenvalue weighted by atomic mass is 16.5. The fourth-order valence-corrected chi connectivity index (χ4v) is 2.94. The molecule has 0 bridgehead atoms. The Bertz CT molecular complexity index is 436. The number of nitrogens with two attached hydrogens (primary N) is 1. The first kappa shape index (κ1) is 15.1. The molecule has 0 aromatic heterocycles. The van der Waals surface area contributed by atoms with Gasteiger partial charge < -0.3 is 15.6 Å². The number of hydrogen-bond donors (Lipinski definition) is 2. The number of phenols is 1. The van der Waals surface area contributed by atoms with Gasteiger partial charge in [-0.2, -0.15) is 0 Å². The molecule has 0 amide bonds. The molecule has 1 fully saturated rings. The van der Waals surface area contributed by atoms with Crippen LogP contribution in [0.4, 0.5) is 0 Å². The van der Waals surface area contributed by atoms with E-state index in [0.29, 0.717) is 24.9 Å². The molecule has 1 aliphatic rings. The summed E-state index contributed by atoms with van der Waals surface area (Å²) < 4.78 is 5.44. The number of likely N-dealkylation sites (tertiary alicyclic amines) is 1. The minimum atomic E-state index is 0.267. The monoisotopic (exact) mass is 278 g/mol. The van der Waals surface area contributed by atoms with Gasteiger partial charge in [-0.15, -0.1) is 0 Å². The highest BCUT2D eigenvalue weighted by Crippen LogP contribution is 2.32. The van der Waals surface area contributed by atoms with Crippen molar-refractivity contribution in [1.29, 1.82) is 0 Å². The summed E-state index contributed by atoms with van der Waals surface area (Å²) in [6.45, 7) is 7.22. The molecule has 4 heteroatoms. The maximum absolute atomic E-state index is 10.3. The van der Waals surface area contributed by atoms with Crippen LogP contribution in [0.3, 0.4) is 0 Å². The summed E-state index contributed by atoms with van der Waals surface area (Å²) in [5.41, 5.74) is 6.82. The van der Waals surface area contributed by atoms with Crippen molar-refractivity contribution in [2.24, 2.45) is 11.7 Å². The lowest BCUT2D eigenvalue weighted by atomic mass is 9.92. The van der Waals surface area contributed by atoms with E-state index in [-0.39, 0.29) is 5.75 Å². The molecule has 1 saturated heterocycles. The second-order valence-electron chi connectivity index (χ2n) is 5.69. The molecule has 3 N–H and O–H groups in total. The van der Waals surface area contributed by atoms with Crippen molar-refractivity contribution < 1.29 is 9.84 Å². The molecule has 20 heavy (non-hydrogen) atoms. The van der Waals surface area contributed by atoms with E-state index in [4.69, 9.17) is 10.5 Å². The van der Waals surface area contributed by atoms with Gasteiger partial charge in [0.25, 0.3) is 0 Å². The summed E-state index contributed by atoms with van der Waals surface area (Å²) in [5.74, 6) is 1.58. The van der Waals surface area contributed by atoms with E-state index in [2.05, 4.69) is 11.8 Å². The molecule has 4 nitrogen and oxygen atoms in total. The van der Waals surface area contributed by atoms with Crippen LogP contribution in [0.1, 0.15) is 32.3 Å². The second-order valence-corrected chi connectivity index (χ2v) is 5.69. The zero-order valence-corrected chi connectivity index (χ0v) is 12.5. The Morgan fingerprint density at radius 2 is 2.25 bits per heavy atom. The van der Waals surface area contributed by atoms with Crippen LogP contribution in [-0.2, 0) is 6.54 Å². The Hall–Kier alpha value is -1.26. The maximum atomic E-state index is 10.3. The molecule has 1 aromatic rings. The van der Waals surface area contributed by atoms with E-state index in [0.717, 1.165) is 31.0 Å². The van der Waals surface area contributed by atoms with Gasteiger partial charge in [0.2, 0.25) is 0 Å². The first-order valence-electron chi connectivity index (χ1n) is 7.53. The SMILES string of the molecule is CCOc1cccc(CN2CCC(C)CC2CN)c1O. The van der Waals surface area contributed by atoms with Crippen LogP contribution in [0.25, 0.3) is 0 Å². The molecule has 2 atom stereocenters. The number of nitrogens with zero attached hydrogens (tertiary/aromatic N) is 1. The smallest absolute Gasteiger partial charge is 0.162 e. The summed E-state index contributed by atoms with van der Waals surface area (Å²) in [6.07, 6.45) is 2.34. The lowest BCUT2D eigenvalue weighted by Gasteiger charge is -2.38. The Labute approximate surface area is 121 Å². The van der Waals surface area contributed by atoms with Gasteiger partial charge in [0, 0.05) is 24.7 Å². The molecule has 1 aliphatic heterocycles. The number of rotatable bonds is 5. The maximum Gasteiger partial charge on any atom is 0.162 e. The van der Waals surface area contributed by atoms with Crippen LogP contribution in [0.15, 0.2) is 18.2 Å². The van der Waals surface area contributed by atoms with Crippen LogP contribution < -0.4 is 10.5 Å². The van der Waals surface area contributed by atoms with Crippen LogP contribution in [-0.4, -0.2) is 35.7 Å². The molecule has 0 aliphatic carbocycles. The second kappa shape index (κ2) is 6.95. The molecular formula is C16H26N2O2. The Morgan fingerprint density at radius 1 is 1.45 bits per heavy atom. The highest BCUT2D eigenvalue weighted by Gasteiger charge is 2.26. The van der Waals surface area contributed by atoms with E-state index >= 15 is 0 Å². The molecule has 1 heterocycles. The van der Waals surface area contributed by atoms with Gasteiger partial charge in [-0.1, -0.05) is 19.1 Å². The van der Waals surface area contributed by atoms with Gasteiger partial charge >= 0.3 is 0 Å². The van der Waals surface area contributed by atoms with Gasteiger partial charge in [-0.05, 0) is 38.3 Å². The van der Waals surface area contributed by atoms with Gasteiger partial charge in [0.1, 0.15) is 0 Å². The first-order chi connectivity index (χ1) is 9.65. The topological polar surface area (TPSA) is 58.7 Å². The normalized spacial score (nSPS) is 23.8. The third kappa shape index (κ3) is 3.44. The van der Waals surface area contributed by atoms with E-state index in [9.17, 15) is 5.11 Å². The number of benzene rings is 1. The minimum Gasteiger partial charge on any atom is -0.504 e. The van der Waals surface area contributed by atoms with Gasteiger partial charge in [-0.3, -0.25) is 4.90 Å². The standard InChI is InChI=1S/C16H26N2O2/c1-3-20-15-6-4-5-13(16(15)19)11-18-8-7-12(2)9-14(18)10-17/h4-6,12,14,19H,3,7-11,17H2,1-2H3. The van der Waals surface area contributed by atoms with Crippen LogP contribution in [0.5, 0.6) is 11.5 Å². The number of aromatic hydroxyl groups is 1. The Kier molecular flexibility index (Phi) is 5.26. The summed E-state index contributed by atoms with van der Waals surface area (Å²) in [6, 6.07) is 6.11. The van der Waals surface area contributed by atoms with E-state index < -0.39 is 0 Å².